The number of phenols is 1. The van der Waals surface area contributed by atoms with Crippen LogP contribution in [0.3, 0.4) is 0 Å². The molecule has 0 radical (unpaired) electrons. The van der Waals surface area contributed by atoms with Crippen molar-refractivity contribution in [3.63, 3.8) is 0 Å². The summed E-state index contributed by atoms with van der Waals surface area (Å²) in [6, 6.07) is 5.93. The highest BCUT2D eigenvalue weighted by atomic mass is 32.2. The molecular weight excluding hydrogens is 250 g/mol. The van der Waals surface area contributed by atoms with Crippen LogP contribution in [0.25, 0.3) is 0 Å². The van der Waals surface area contributed by atoms with E-state index in [1.807, 2.05) is 27.7 Å². The Kier molecular flexibility index (Phi) is 4.40. The first-order valence-corrected chi connectivity index (χ1v) is 7.43. The quantitative estimate of drug-likeness (QED) is 0.864. The molecule has 0 amide bonds. The van der Waals surface area contributed by atoms with Crippen molar-refractivity contribution in [1.82, 2.24) is 4.72 Å². The van der Waals surface area contributed by atoms with Gasteiger partial charge in [0.1, 0.15) is 10.6 Å². The van der Waals surface area contributed by atoms with E-state index in [9.17, 15) is 13.5 Å². The molecule has 0 aromatic heterocycles. The zero-order valence-electron chi connectivity index (χ0n) is 11.3. The number of rotatable bonds is 5. The summed E-state index contributed by atoms with van der Waals surface area (Å²) in [5.74, 6) is 0.122. The molecule has 0 spiro atoms. The molecule has 2 N–H and O–H groups in total. The Hall–Kier alpha value is -1.07. The summed E-state index contributed by atoms with van der Waals surface area (Å²) in [6.45, 7) is 8.44. The molecule has 0 saturated carbocycles. The molecule has 1 aromatic carbocycles. The zero-order chi connectivity index (χ0) is 14.0. The number of sulfonamides is 1. The maximum Gasteiger partial charge on any atom is 0.244 e. The van der Waals surface area contributed by atoms with Gasteiger partial charge in [-0.3, -0.25) is 0 Å². The van der Waals surface area contributed by atoms with Gasteiger partial charge in [0.25, 0.3) is 0 Å². The van der Waals surface area contributed by atoms with Gasteiger partial charge >= 0.3 is 0 Å². The Bertz CT molecular complexity index is 507. The third-order valence-electron chi connectivity index (χ3n) is 3.44. The highest BCUT2D eigenvalue weighted by Crippen LogP contribution is 2.26. The van der Waals surface area contributed by atoms with E-state index in [-0.39, 0.29) is 16.1 Å². The van der Waals surface area contributed by atoms with Gasteiger partial charge in [-0.15, -0.1) is 0 Å². The highest BCUT2D eigenvalue weighted by molar-refractivity contribution is 7.89. The summed E-state index contributed by atoms with van der Waals surface area (Å²) in [5, 5.41) is 9.57. The van der Waals surface area contributed by atoms with Crippen molar-refractivity contribution in [2.45, 2.75) is 32.6 Å². The summed E-state index contributed by atoms with van der Waals surface area (Å²) in [6.07, 6.45) is 0. The van der Waals surface area contributed by atoms with Gasteiger partial charge in [-0.25, -0.2) is 13.1 Å². The van der Waals surface area contributed by atoms with Crippen LogP contribution >= 0.6 is 0 Å². The molecule has 18 heavy (non-hydrogen) atoms. The summed E-state index contributed by atoms with van der Waals surface area (Å²) < 4.78 is 26.7. The molecule has 0 aliphatic rings. The van der Waals surface area contributed by atoms with Gasteiger partial charge in [0.05, 0.1) is 0 Å². The van der Waals surface area contributed by atoms with Crippen LogP contribution in [-0.2, 0) is 10.0 Å². The molecule has 0 atom stereocenters. The highest BCUT2D eigenvalue weighted by Gasteiger charge is 2.26. The Balaban J connectivity index is 2.88. The van der Waals surface area contributed by atoms with Gasteiger partial charge in [0.15, 0.2) is 0 Å². The first-order chi connectivity index (χ1) is 8.17. The lowest BCUT2D eigenvalue weighted by molar-refractivity contribution is 0.252. The average Bonchev–Trinajstić information content (AvgIpc) is 2.27. The fraction of sp³-hybridized carbons (Fsp3) is 0.538. The maximum atomic E-state index is 12.1. The van der Waals surface area contributed by atoms with Crippen LogP contribution in [0.5, 0.6) is 5.75 Å². The molecule has 0 fully saturated rings. The van der Waals surface area contributed by atoms with Gasteiger partial charge in [-0.2, -0.15) is 0 Å². The van der Waals surface area contributed by atoms with Gasteiger partial charge < -0.3 is 5.11 Å². The molecule has 0 heterocycles. The summed E-state index contributed by atoms with van der Waals surface area (Å²) >= 11 is 0. The van der Waals surface area contributed by atoms with Crippen LogP contribution in [0, 0.1) is 11.3 Å². The van der Waals surface area contributed by atoms with Gasteiger partial charge in [0, 0.05) is 6.54 Å². The first-order valence-electron chi connectivity index (χ1n) is 5.94. The minimum absolute atomic E-state index is 0.0791. The van der Waals surface area contributed by atoms with Crippen LogP contribution in [0.2, 0.25) is 0 Å². The Labute approximate surface area is 109 Å². The molecule has 1 aromatic rings. The number of hydrogen-bond donors (Lipinski definition) is 2. The summed E-state index contributed by atoms with van der Waals surface area (Å²) in [4.78, 5) is -0.0791. The van der Waals surface area contributed by atoms with Gasteiger partial charge in [-0.1, -0.05) is 39.8 Å². The van der Waals surface area contributed by atoms with Crippen LogP contribution in [0.15, 0.2) is 29.2 Å². The van der Waals surface area contributed by atoms with E-state index in [1.54, 1.807) is 12.1 Å². The second kappa shape index (κ2) is 5.28. The fourth-order valence-corrected chi connectivity index (χ4v) is 2.57. The number of para-hydroxylation sites is 1. The van der Waals surface area contributed by atoms with Crippen LogP contribution in [0.4, 0.5) is 0 Å². The van der Waals surface area contributed by atoms with Crippen molar-refractivity contribution in [1.29, 1.82) is 0 Å². The normalized spacial score (nSPS) is 12.9. The van der Waals surface area contributed by atoms with Crippen LogP contribution in [0.1, 0.15) is 27.7 Å². The third-order valence-corrected chi connectivity index (χ3v) is 4.88. The van der Waals surface area contributed by atoms with Crippen molar-refractivity contribution in [3.8, 4) is 5.75 Å². The minimum Gasteiger partial charge on any atom is -0.507 e. The molecule has 102 valence electrons. The van der Waals surface area contributed by atoms with E-state index in [4.69, 9.17) is 0 Å². The Morgan fingerprint density at radius 2 is 1.83 bits per heavy atom. The Morgan fingerprint density at radius 1 is 1.28 bits per heavy atom. The Morgan fingerprint density at radius 3 is 2.33 bits per heavy atom. The second-order valence-corrected chi connectivity index (χ2v) is 7.17. The van der Waals surface area contributed by atoms with Gasteiger partial charge in [0.2, 0.25) is 10.0 Å². The van der Waals surface area contributed by atoms with E-state index in [2.05, 4.69) is 4.72 Å². The number of nitrogens with one attached hydrogen (secondary N) is 1. The van der Waals surface area contributed by atoms with Gasteiger partial charge in [-0.05, 0) is 23.5 Å². The van der Waals surface area contributed by atoms with E-state index < -0.39 is 10.0 Å². The topological polar surface area (TPSA) is 66.4 Å². The molecule has 0 aliphatic carbocycles. The molecule has 0 saturated heterocycles. The minimum atomic E-state index is -3.66. The average molecular weight is 271 g/mol. The lowest BCUT2D eigenvalue weighted by Crippen LogP contribution is -2.36. The van der Waals surface area contributed by atoms with E-state index in [1.165, 1.54) is 12.1 Å². The van der Waals surface area contributed by atoms with Crippen molar-refractivity contribution in [3.05, 3.63) is 24.3 Å². The van der Waals surface area contributed by atoms with Crippen LogP contribution in [-0.4, -0.2) is 20.1 Å². The van der Waals surface area contributed by atoms with E-state index in [0.29, 0.717) is 12.5 Å². The molecule has 5 heteroatoms. The van der Waals surface area contributed by atoms with E-state index in [0.717, 1.165) is 0 Å². The zero-order valence-corrected chi connectivity index (χ0v) is 12.1. The second-order valence-electron chi connectivity index (χ2n) is 5.44. The maximum absolute atomic E-state index is 12.1. The third kappa shape index (κ3) is 3.46. The smallest absolute Gasteiger partial charge is 0.244 e. The van der Waals surface area contributed by atoms with Crippen molar-refractivity contribution >= 4 is 10.0 Å². The fourth-order valence-electron chi connectivity index (χ4n) is 1.25. The predicted octanol–water partition coefficient (Wildman–Crippen LogP) is 2.35. The first kappa shape index (κ1) is 15.0. The molecule has 0 bridgehead atoms. The lowest BCUT2D eigenvalue weighted by Gasteiger charge is -2.29. The summed E-state index contributed by atoms with van der Waals surface area (Å²) in [7, 11) is -3.66. The molecule has 0 aliphatic heterocycles. The monoisotopic (exact) mass is 271 g/mol. The van der Waals surface area contributed by atoms with Crippen molar-refractivity contribution in [2.24, 2.45) is 11.3 Å². The number of hydrogen-bond acceptors (Lipinski definition) is 3. The van der Waals surface area contributed by atoms with Crippen molar-refractivity contribution < 1.29 is 13.5 Å². The molecule has 1 rings (SSSR count). The molecule has 4 nitrogen and oxygen atoms in total. The molecule has 0 unspecified atom stereocenters. The molecular formula is C13H21NO3S. The predicted molar refractivity (Wildman–Crippen MR) is 71.9 cm³/mol. The van der Waals surface area contributed by atoms with E-state index >= 15 is 0 Å². The van der Waals surface area contributed by atoms with Crippen LogP contribution < -0.4 is 4.72 Å². The lowest BCUT2D eigenvalue weighted by atomic mass is 9.81. The SMILES string of the molecule is CC(C)C(C)(C)CNS(=O)(=O)c1ccccc1O. The number of phenolic OH excluding ortho intramolecular Hbond substituents is 1. The largest absolute Gasteiger partial charge is 0.507 e. The number of benzene rings is 1. The number of aromatic hydroxyl groups is 1. The van der Waals surface area contributed by atoms with Crippen molar-refractivity contribution in [2.75, 3.05) is 6.54 Å². The standard InChI is InChI=1S/C13H21NO3S/c1-10(2)13(3,4)9-14-18(16,17)12-8-6-5-7-11(12)15/h5-8,10,14-15H,9H2,1-4H3. The summed E-state index contributed by atoms with van der Waals surface area (Å²) in [5.41, 5.74) is -0.141.